The van der Waals surface area contributed by atoms with E-state index in [0.29, 0.717) is 17.1 Å². The van der Waals surface area contributed by atoms with Crippen LogP contribution < -0.4 is 9.80 Å². The number of fused-ring (bicyclic) bond motifs is 1. The van der Waals surface area contributed by atoms with Crippen molar-refractivity contribution in [2.24, 2.45) is 11.8 Å². The number of carbonyl (C=O) groups is 2. The molecule has 8 nitrogen and oxygen atoms in total. The van der Waals surface area contributed by atoms with Gasteiger partial charge in [0.1, 0.15) is 0 Å². The lowest BCUT2D eigenvalue weighted by atomic mass is 9.81. The summed E-state index contributed by atoms with van der Waals surface area (Å²) in [6.07, 6.45) is 3.63. The van der Waals surface area contributed by atoms with E-state index in [1.54, 1.807) is 9.80 Å². The molecule has 2 amide bonds. The van der Waals surface area contributed by atoms with Gasteiger partial charge in [0.15, 0.2) is 0 Å². The van der Waals surface area contributed by atoms with E-state index in [2.05, 4.69) is 15.0 Å². The van der Waals surface area contributed by atoms with Crippen molar-refractivity contribution in [2.75, 3.05) is 38.0 Å². The first-order valence-electron chi connectivity index (χ1n) is 8.05. The van der Waals surface area contributed by atoms with Crippen LogP contribution in [0.3, 0.4) is 0 Å². The van der Waals surface area contributed by atoms with Crippen LogP contribution in [0.5, 0.6) is 0 Å². The Balaban J connectivity index is 1.87. The van der Waals surface area contributed by atoms with Crippen molar-refractivity contribution in [2.45, 2.75) is 30.8 Å². The monoisotopic (exact) mass is 350 g/mol. The summed E-state index contributed by atoms with van der Waals surface area (Å²) in [7, 11) is 7.35. The van der Waals surface area contributed by atoms with Gasteiger partial charge in [0, 0.05) is 40.1 Å². The van der Waals surface area contributed by atoms with Gasteiger partial charge in [-0.2, -0.15) is 15.0 Å². The van der Waals surface area contributed by atoms with E-state index in [9.17, 15) is 9.59 Å². The van der Waals surface area contributed by atoms with E-state index in [0.717, 1.165) is 37.6 Å². The van der Waals surface area contributed by atoms with Crippen molar-refractivity contribution in [3.05, 3.63) is 0 Å². The van der Waals surface area contributed by atoms with Crippen molar-refractivity contribution >= 4 is 35.7 Å². The Morgan fingerprint density at radius 3 is 1.75 bits per heavy atom. The predicted molar refractivity (Wildman–Crippen MR) is 91.6 cm³/mol. The van der Waals surface area contributed by atoms with Gasteiger partial charge >= 0.3 is 0 Å². The summed E-state index contributed by atoms with van der Waals surface area (Å²) in [5.41, 5.74) is 0. The van der Waals surface area contributed by atoms with Crippen LogP contribution in [-0.4, -0.2) is 59.3 Å². The standard InChI is InChI=1S/C15H22N6O2S/c1-19(2)13-16-14(20(3)4)18-15(17-13)24-21-11(22)9-7-5-6-8-10(9)12(21)23/h9-10H,5-8H2,1-4H3. The molecular formula is C15H22N6O2S. The van der Waals surface area contributed by atoms with Gasteiger partial charge in [-0.1, -0.05) is 12.8 Å². The van der Waals surface area contributed by atoms with Gasteiger partial charge in [-0.15, -0.1) is 0 Å². The van der Waals surface area contributed by atoms with Crippen LogP contribution in [0.1, 0.15) is 25.7 Å². The molecule has 2 fully saturated rings. The topological polar surface area (TPSA) is 82.5 Å². The second-order valence-corrected chi connectivity index (χ2v) is 7.48. The quantitative estimate of drug-likeness (QED) is 0.591. The molecule has 1 aliphatic heterocycles. The molecule has 1 aromatic heterocycles. The maximum Gasteiger partial charge on any atom is 0.243 e. The molecule has 3 rings (SSSR count). The largest absolute Gasteiger partial charge is 0.347 e. The molecule has 2 aliphatic rings. The second-order valence-electron chi connectivity index (χ2n) is 6.57. The molecule has 0 spiro atoms. The smallest absolute Gasteiger partial charge is 0.243 e. The van der Waals surface area contributed by atoms with Crippen LogP contribution >= 0.6 is 11.9 Å². The normalized spacial score (nSPS) is 23.4. The molecular weight excluding hydrogens is 328 g/mol. The third kappa shape index (κ3) is 3.04. The molecule has 2 unspecified atom stereocenters. The van der Waals surface area contributed by atoms with Crippen LogP contribution in [0.25, 0.3) is 0 Å². The maximum atomic E-state index is 12.6. The Morgan fingerprint density at radius 2 is 1.33 bits per heavy atom. The first kappa shape index (κ1) is 16.9. The highest BCUT2D eigenvalue weighted by molar-refractivity contribution is 7.97. The van der Waals surface area contributed by atoms with Gasteiger partial charge in [-0.25, -0.2) is 4.31 Å². The highest BCUT2D eigenvalue weighted by atomic mass is 32.2. The molecule has 130 valence electrons. The average molecular weight is 350 g/mol. The minimum atomic E-state index is -0.165. The molecule has 0 radical (unpaired) electrons. The second kappa shape index (κ2) is 6.54. The number of rotatable bonds is 4. The van der Waals surface area contributed by atoms with Gasteiger partial charge in [0.05, 0.1) is 11.8 Å². The molecule has 0 aromatic carbocycles. The van der Waals surface area contributed by atoms with Crippen molar-refractivity contribution in [3.63, 3.8) is 0 Å². The predicted octanol–water partition coefficient (Wildman–Crippen LogP) is 1.19. The Labute approximate surface area is 145 Å². The summed E-state index contributed by atoms with van der Waals surface area (Å²) >= 11 is 1.02. The third-order valence-electron chi connectivity index (χ3n) is 4.36. The van der Waals surface area contributed by atoms with E-state index in [4.69, 9.17) is 0 Å². The van der Waals surface area contributed by atoms with Gasteiger partial charge in [0.2, 0.25) is 28.9 Å². The number of aromatic nitrogens is 3. The number of hydrogen-bond donors (Lipinski definition) is 0. The van der Waals surface area contributed by atoms with Crippen LogP contribution in [0.4, 0.5) is 11.9 Å². The summed E-state index contributed by atoms with van der Waals surface area (Å²) in [5, 5.41) is 0.359. The molecule has 1 saturated carbocycles. The zero-order valence-electron chi connectivity index (χ0n) is 14.4. The highest BCUT2D eigenvalue weighted by Gasteiger charge is 2.49. The van der Waals surface area contributed by atoms with Gasteiger partial charge in [-0.3, -0.25) is 9.59 Å². The molecule has 2 atom stereocenters. The van der Waals surface area contributed by atoms with Gasteiger partial charge < -0.3 is 9.80 Å². The summed E-state index contributed by atoms with van der Waals surface area (Å²) < 4.78 is 1.26. The average Bonchev–Trinajstić information content (AvgIpc) is 2.80. The van der Waals surface area contributed by atoms with Crippen molar-refractivity contribution in [3.8, 4) is 0 Å². The van der Waals surface area contributed by atoms with Crippen molar-refractivity contribution < 1.29 is 9.59 Å². The molecule has 24 heavy (non-hydrogen) atoms. The summed E-state index contributed by atoms with van der Waals surface area (Å²) in [6, 6.07) is 0. The Kier molecular flexibility index (Phi) is 4.62. The minimum absolute atomic E-state index is 0.104. The fraction of sp³-hybridized carbons (Fsp3) is 0.667. The number of hydrogen-bond acceptors (Lipinski definition) is 8. The first-order valence-corrected chi connectivity index (χ1v) is 8.82. The molecule has 0 N–H and O–H groups in total. The Morgan fingerprint density at radius 1 is 0.875 bits per heavy atom. The molecule has 1 aliphatic carbocycles. The fourth-order valence-corrected chi connectivity index (χ4v) is 3.94. The minimum Gasteiger partial charge on any atom is -0.347 e. The number of amides is 2. The summed E-state index contributed by atoms with van der Waals surface area (Å²) in [6.45, 7) is 0. The van der Waals surface area contributed by atoms with E-state index >= 15 is 0 Å². The molecule has 2 heterocycles. The summed E-state index contributed by atoms with van der Waals surface area (Å²) in [4.78, 5) is 41.8. The zero-order valence-corrected chi connectivity index (χ0v) is 15.2. The van der Waals surface area contributed by atoms with Crippen molar-refractivity contribution in [1.82, 2.24) is 19.3 Å². The molecule has 9 heteroatoms. The number of carbonyl (C=O) groups excluding carboxylic acids is 2. The first-order chi connectivity index (χ1) is 11.4. The number of anilines is 2. The van der Waals surface area contributed by atoms with E-state index in [1.807, 2.05) is 28.2 Å². The van der Waals surface area contributed by atoms with Crippen LogP contribution in [0.15, 0.2) is 5.16 Å². The van der Waals surface area contributed by atoms with Gasteiger partial charge in [0.25, 0.3) is 0 Å². The van der Waals surface area contributed by atoms with Crippen LogP contribution in [0.2, 0.25) is 0 Å². The van der Waals surface area contributed by atoms with Gasteiger partial charge in [-0.05, 0) is 12.8 Å². The lowest BCUT2D eigenvalue weighted by Crippen LogP contribution is -2.25. The number of imide groups is 1. The maximum absolute atomic E-state index is 12.6. The van der Waals surface area contributed by atoms with Crippen LogP contribution in [-0.2, 0) is 9.59 Å². The molecule has 1 saturated heterocycles. The fourth-order valence-electron chi connectivity index (χ4n) is 3.08. The SMILES string of the molecule is CN(C)c1nc(SN2C(=O)C3CCCCC3C2=O)nc(N(C)C)n1. The highest BCUT2D eigenvalue weighted by Crippen LogP contribution is 2.41. The van der Waals surface area contributed by atoms with E-state index in [1.165, 1.54) is 4.31 Å². The van der Waals surface area contributed by atoms with E-state index < -0.39 is 0 Å². The molecule has 1 aromatic rings. The lowest BCUT2D eigenvalue weighted by Gasteiger charge is -2.19. The Bertz CT molecular complexity index is 615. The van der Waals surface area contributed by atoms with Crippen LogP contribution in [0, 0.1) is 11.8 Å². The number of nitrogens with zero attached hydrogens (tertiary/aromatic N) is 6. The molecule has 0 bridgehead atoms. The lowest BCUT2D eigenvalue weighted by molar-refractivity contribution is -0.133. The zero-order chi connectivity index (χ0) is 17.4. The van der Waals surface area contributed by atoms with E-state index in [-0.39, 0.29) is 23.7 Å². The third-order valence-corrected chi connectivity index (χ3v) is 5.25. The summed E-state index contributed by atoms with van der Waals surface area (Å²) in [5.74, 6) is 0.450. The Hall–Kier alpha value is -1.90. The van der Waals surface area contributed by atoms with Crippen molar-refractivity contribution in [1.29, 1.82) is 0 Å².